The molecule has 0 radical (unpaired) electrons. The van der Waals surface area contributed by atoms with Gasteiger partial charge in [0.2, 0.25) is 0 Å². The molecule has 0 N–H and O–H groups in total. The maximum atomic E-state index is 13.4. The summed E-state index contributed by atoms with van der Waals surface area (Å²) in [6.07, 6.45) is 0. The number of amides is 1. The highest BCUT2D eigenvalue weighted by molar-refractivity contribution is 7.22. The van der Waals surface area contributed by atoms with E-state index >= 15 is 0 Å². The van der Waals surface area contributed by atoms with Crippen molar-refractivity contribution in [1.29, 1.82) is 0 Å². The van der Waals surface area contributed by atoms with Crippen LogP contribution in [0.2, 0.25) is 0 Å². The first-order valence-corrected chi connectivity index (χ1v) is 10.7. The minimum atomic E-state index is -0.126. The van der Waals surface area contributed by atoms with Crippen molar-refractivity contribution in [2.45, 2.75) is 33.7 Å². The fourth-order valence-corrected chi connectivity index (χ4v) is 4.12. The standard InChI is InChI=1S/C21H29N5O2S.ClH/c1-7-28-16-8-9-17-19(13-16)29-21(22-17)25(11-10-24(5)6)20(27)18-12-15(4)26(23-18)14(2)3;/h8-9,12-14H,7,10-11H2,1-6H3;1H. The van der Waals surface area contributed by atoms with Gasteiger partial charge in [-0.2, -0.15) is 5.10 Å². The molecule has 164 valence electrons. The van der Waals surface area contributed by atoms with Gasteiger partial charge in [0.15, 0.2) is 10.8 Å². The van der Waals surface area contributed by atoms with E-state index in [2.05, 4.69) is 23.8 Å². The number of aromatic nitrogens is 3. The zero-order valence-electron chi connectivity index (χ0n) is 18.4. The number of rotatable bonds is 8. The van der Waals surface area contributed by atoms with Gasteiger partial charge in [0, 0.05) is 24.8 Å². The Hall–Kier alpha value is -2.16. The molecule has 2 aromatic heterocycles. The molecule has 9 heteroatoms. The molecule has 0 saturated heterocycles. The predicted molar refractivity (Wildman–Crippen MR) is 126 cm³/mol. The van der Waals surface area contributed by atoms with E-state index in [1.54, 1.807) is 4.90 Å². The fourth-order valence-electron chi connectivity index (χ4n) is 3.10. The van der Waals surface area contributed by atoms with Crippen molar-refractivity contribution in [2.75, 3.05) is 38.7 Å². The average Bonchev–Trinajstić information content (AvgIpc) is 3.25. The predicted octanol–water partition coefficient (Wildman–Crippen LogP) is 4.41. The van der Waals surface area contributed by atoms with Gasteiger partial charge in [-0.1, -0.05) is 11.3 Å². The molecular formula is C21H30ClN5O2S. The third kappa shape index (κ3) is 5.30. The lowest BCUT2D eigenvalue weighted by Crippen LogP contribution is -2.37. The normalized spacial score (nSPS) is 11.2. The van der Waals surface area contributed by atoms with Crippen LogP contribution in [0.1, 0.15) is 43.0 Å². The summed E-state index contributed by atoms with van der Waals surface area (Å²) in [7, 11) is 3.99. The van der Waals surface area contributed by atoms with Gasteiger partial charge in [-0.3, -0.25) is 14.4 Å². The van der Waals surface area contributed by atoms with Crippen LogP contribution in [0.15, 0.2) is 24.3 Å². The number of thiazole rings is 1. The smallest absolute Gasteiger partial charge is 0.280 e. The van der Waals surface area contributed by atoms with Crippen molar-refractivity contribution in [3.63, 3.8) is 0 Å². The number of hydrogen-bond donors (Lipinski definition) is 0. The first-order chi connectivity index (χ1) is 13.8. The number of aryl methyl sites for hydroxylation is 1. The van der Waals surface area contributed by atoms with E-state index in [1.165, 1.54) is 11.3 Å². The first-order valence-electron chi connectivity index (χ1n) is 9.86. The molecule has 0 aliphatic carbocycles. The second-order valence-corrected chi connectivity index (χ2v) is 8.54. The summed E-state index contributed by atoms with van der Waals surface area (Å²) in [4.78, 5) is 21.9. The number of benzene rings is 1. The topological polar surface area (TPSA) is 63.5 Å². The number of fused-ring (bicyclic) bond motifs is 1. The van der Waals surface area contributed by atoms with Crippen LogP contribution < -0.4 is 9.64 Å². The first kappa shape index (κ1) is 24.1. The summed E-state index contributed by atoms with van der Waals surface area (Å²) in [5.41, 5.74) is 2.28. The Labute approximate surface area is 188 Å². The Morgan fingerprint density at radius 1 is 1.23 bits per heavy atom. The molecule has 1 amide bonds. The number of nitrogens with zero attached hydrogens (tertiary/aromatic N) is 5. The molecule has 1 aromatic carbocycles. The largest absolute Gasteiger partial charge is 0.494 e. The minimum absolute atomic E-state index is 0. The molecule has 2 heterocycles. The van der Waals surface area contributed by atoms with Gasteiger partial charge in [-0.15, -0.1) is 12.4 Å². The lowest BCUT2D eigenvalue weighted by molar-refractivity contribution is 0.0979. The molecule has 0 aliphatic rings. The molecule has 3 aromatic rings. The zero-order valence-corrected chi connectivity index (χ0v) is 20.0. The van der Waals surface area contributed by atoms with Gasteiger partial charge >= 0.3 is 0 Å². The van der Waals surface area contributed by atoms with E-state index in [1.807, 2.05) is 56.9 Å². The van der Waals surface area contributed by atoms with Crippen molar-refractivity contribution in [3.05, 3.63) is 35.7 Å². The maximum Gasteiger partial charge on any atom is 0.280 e. The maximum absolute atomic E-state index is 13.4. The van der Waals surface area contributed by atoms with Crippen LogP contribution in [0.5, 0.6) is 5.75 Å². The van der Waals surface area contributed by atoms with Gasteiger partial charge in [-0.05, 0) is 66.1 Å². The van der Waals surface area contributed by atoms with Gasteiger partial charge in [-0.25, -0.2) is 4.98 Å². The van der Waals surface area contributed by atoms with E-state index in [0.29, 0.717) is 24.0 Å². The molecule has 7 nitrogen and oxygen atoms in total. The van der Waals surface area contributed by atoms with E-state index in [9.17, 15) is 4.79 Å². The highest BCUT2D eigenvalue weighted by Gasteiger charge is 2.24. The van der Waals surface area contributed by atoms with E-state index in [4.69, 9.17) is 9.72 Å². The van der Waals surface area contributed by atoms with Crippen molar-refractivity contribution in [3.8, 4) is 5.75 Å². The molecule has 0 bridgehead atoms. The van der Waals surface area contributed by atoms with Crippen molar-refractivity contribution in [1.82, 2.24) is 19.7 Å². The third-order valence-corrected chi connectivity index (χ3v) is 5.58. The molecule has 0 spiro atoms. The van der Waals surface area contributed by atoms with Crippen LogP contribution in [0, 0.1) is 6.92 Å². The Morgan fingerprint density at radius 2 is 1.97 bits per heavy atom. The monoisotopic (exact) mass is 451 g/mol. The molecule has 0 atom stereocenters. The van der Waals surface area contributed by atoms with E-state index < -0.39 is 0 Å². The summed E-state index contributed by atoms with van der Waals surface area (Å²) in [6.45, 7) is 9.93. The summed E-state index contributed by atoms with van der Waals surface area (Å²) >= 11 is 1.50. The van der Waals surface area contributed by atoms with Crippen molar-refractivity contribution < 1.29 is 9.53 Å². The second kappa shape index (κ2) is 10.2. The Morgan fingerprint density at radius 3 is 2.57 bits per heavy atom. The van der Waals surface area contributed by atoms with Crippen LogP contribution in [0.3, 0.4) is 0 Å². The molecule has 0 unspecified atom stereocenters. The number of ether oxygens (including phenoxy) is 1. The number of hydrogen-bond acceptors (Lipinski definition) is 6. The van der Waals surface area contributed by atoms with Crippen LogP contribution in [-0.2, 0) is 0 Å². The molecule has 30 heavy (non-hydrogen) atoms. The lowest BCUT2D eigenvalue weighted by Gasteiger charge is -2.21. The molecule has 0 aliphatic heterocycles. The van der Waals surface area contributed by atoms with Crippen LogP contribution >= 0.6 is 23.7 Å². The van der Waals surface area contributed by atoms with Crippen LogP contribution in [0.4, 0.5) is 5.13 Å². The summed E-state index contributed by atoms with van der Waals surface area (Å²) in [6, 6.07) is 7.88. The quantitative estimate of drug-likeness (QED) is 0.507. The number of anilines is 1. The lowest BCUT2D eigenvalue weighted by atomic mass is 10.3. The fraction of sp³-hybridized carbons (Fsp3) is 0.476. The second-order valence-electron chi connectivity index (χ2n) is 7.53. The Balaban J connectivity index is 0.00000320. The van der Waals surface area contributed by atoms with Gasteiger partial charge in [0.1, 0.15) is 5.75 Å². The van der Waals surface area contributed by atoms with E-state index in [0.717, 1.165) is 28.2 Å². The van der Waals surface area contributed by atoms with Crippen molar-refractivity contribution in [2.24, 2.45) is 0 Å². The summed E-state index contributed by atoms with van der Waals surface area (Å²) < 4.78 is 8.47. The van der Waals surface area contributed by atoms with E-state index in [-0.39, 0.29) is 24.4 Å². The molecule has 0 fully saturated rings. The average molecular weight is 452 g/mol. The number of carbonyl (C=O) groups is 1. The number of halogens is 1. The SMILES string of the molecule is CCOc1ccc2nc(N(CCN(C)C)C(=O)c3cc(C)n(C(C)C)n3)sc2c1.Cl. The summed E-state index contributed by atoms with van der Waals surface area (Å²) in [5.74, 6) is 0.686. The highest BCUT2D eigenvalue weighted by Crippen LogP contribution is 2.32. The van der Waals surface area contributed by atoms with Gasteiger partial charge in [0.25, 0.3) is 5.91 Å². The summed E-state index contributed by atoms with van der Waals surface area (Å²) in [5, 5.41) is 5.22. The number of carbonyl (C=O) groups excluding carboxylic acids is 1. The Kier molecular flexibility index (Phi) is 8.23. The molecule has 0 saturated carbocycles. The minimum Gasteiger partial charge on any atom is -0.494 e. The third-order valence-electron chi connectivity index (χ3n) is 4.54. The van der Waals surface area contributed by atoms with Gasteiger partial charge in [0.05, 0.1) is 16.8 Å². The molecular weight excluding hydrogens is 422 g/mol. The molecule has 3 rings (SSSR count). The Bertz CT molecular complexity index is 999. The number of likely N-dealkylation sites (N-methyl/N-ethyl adjacent to an activating group) is 1. The van der Waals surface area contributed by atoms with Crippen LogP contribution in [-0.4, -0.2) is 59.4 Å². The zero-order chi connectivity index (χ0) is 21.1. The van der Waals surface area contributed by atoms with Crippen LogP contribution in [0.25, 0.3) is 10.2 Å². The van der Waals surface area contributed by atoms with Gasteiger partial charge < -0.3 is 9.64 Å². The highest BCUT2D eigenvalue weighted by atomic mass is 35.5. The van der Waals surface area contributed by atoms with Crippen molar-refractivity contribution >= 4 is 45.0 Å².